The summed E-state index contributed by atoms with van der Waals surface area (Å²) >= 11 is 0. The predicted molar refractivity (Wildman–Crippen MR) is 85.1 cm³/mol. The lowest BCUT2D eigenvalue weighted by Crippen LogP contribution is -2.34. The summed E-state index contributed by atoms with van der Waals surface area (Å²) in [4.78, 5) is 14.6. The van der Waals surface area contributed by atoms with E-state index in [1.54, 1.807) is 18.2 Å². The number of hydrogen-bond donors (Lipinski definition) is 1. The number of likely N-dealkylation sites (N-methyl/N-ethyl adjacent to an activating group) is 1. The van der Waals surface area contributed by atoms with E-state index >= 15 is 0 Å². The number of Topliss-reactive ketones (excluding diaryl/α,β-unsaturated/α-hetero) is 1. The van der Waals surface area contributed by atoms with Crippen molar-refractivity contribution in [1.82, 2.24) is 0 Å². The molecule has 4 rings (SSSR count). The second kappa shape index (κ2) is 4.99. The van der Waals surface area contributed by atoms with Crippen molar-refractivity contribution in [2.24, 2.45) is 0 Å². The number of fused-ring (bicyclic) bond motifs is 2. The highest BCUT2D eigenvalue weighted by molar-refractivity contribution is 5.97. The summed E-state index contributed by atoms with van der Waals surface area (Å²) in [5.74, 6) is 1.11. The second-order valence-corrected chi connectivity index (χ2v) is 6.07. The SMILES string of the molecule is CN1C[C@@](O)(CC(=O)c2ccc3c(c2)OCO3)c2ccccc21. The Hall–Kier alpha value is -2.53. The maximum atomic E-state index is 12.6. The normalized spacial score (nSPS) is 21.4. The van der Waals surface area contributed by atoms with Gasteiger partial charge in [-0.3, -0.25) is 4.79 Å². The van der Waals surface area contributed by atoms with Crippen LogP contribution in [-0.4, -0.2) is 31.3 Å². The van der Waals surface area contributed by atoms with E-state index in [0.29, 0.717) is 23.6 Å². The standard InChI is InChI=1S/C18H17NO4/c1-19-10-18(21,13-4-2-3-5-14(13)19)9-15(20)12-6-7-16-17(8-12)23-11-22-16/h2-8,21H,9-11H2,1H3/t18-/m0/s1. The molecule has 2 aromatic rings. The zero-order valence-corrected chi connectivity index (χ0v) is 12.8. The zero-order chi connectivity index (χ0) is 16.0. The van der Waals surface area contributed by atoms with Gasteiger partial charge in [-0.15, -0.1) is 0 Å². The highest BCUT2D eigenvalue weighted by Crippen LogP contribution is 2.41. The number of para-hydroxylation sites is 1. The van der Waals surface area contributed by atoms with Crippen LogP contribution < -0.4 is 14.4 Å². The topological polar surface area (TPSA) is 59.0 Å². The number of benzene rings is 2. The van der Waals surface area contributed by atoms with Crippen LogP contribution in [0.1, 0.15) is 22.3 Å². The molecule has 23 heavy (non-hydrogen) atoms. The third-order valence-electron chi connectivity index (χ3n) is 4.46. The molecular formula is C18H17NO4. The van der Waals surface area contributed by atoms with Crippen molar-refractivity contribution in [2.75, 3.05) is 25.3 Å². The molecule has 1 atom stereocenters. The fourth-order valence-electron chi connectivity index (χ4n) is 3.35. The summed E-state index contributed by atoms with van der Waals surface area (Å²) in [5.41, 5.74) is 1.12. The number of carbonyl (C=O) groups excluding carboxylic acids is 1. The molecule has 2 heterocycles. The zero-order valence-electron chi connectivity index (χ0n) is 12.8. The number of rotatable bonds is 3. The van der Waals surface area contributed by atoms with Gasteiger partial charge in [0.15, 0.2) is 17.3 Å². The number of carbonyl (C=O) groups is 1. The molecule has 0 bridgehead atoms. The minimum atomic E-state index is -1.17. The summed E-state index contributed by atoms with van der Waals surface area (Å²) in [6.45, 7) is 0.581. The van der Waals surface area contributed by atoms with Gasteiger partial charge in [0, 0.05) is 30.3 Å². The number of β-amino-alcohol motifs (C(OH)–C–C–N with tert-alkyl or cyclic N) is 1. The average Bonchev–Trinajstić information content (AvgIpc) is 3.10. The maximum Gasteiger partial charge on any atom is 0.231 e. The Morgan fingerprint density at radius 3 is 2.87 bits per heavy atom. The van der Waals surface area contributed by atoms with Crippen LogP contribution >= 0.6 is 0 Å². The van der Waals surface area contributed by atoms with Gasteiger partial charge in [0.25, 0.3) is 0 Å². The molecule has 1 N–H and O–H groups in total. The third kappa shape index (κ3) is 2.24. The molecule has 0 saturated heterocycles. The average molecular weight is 311 g/mol. The first-order valence-electron chi connectivity index (χ1n) is 7.53. The van der Waals surface area contributed by atoms with Crippen LogP contribution in [0.3, 0.4) is 0 Å². The molecule has 0 aromatic heterocycles. The van der Waals surface area contributed by atoms with Crippen molar-refractivity contribution in [3.63, 3.8) is 0 Å². The predicted octanol–water partition coefficient (Wildman–Crippen LogP) is 2.33. The van der Waals surface area contributed by atoms with E-state index in [4.69, 9.17) is 9.47 Å². The van der Waals surface area contributed by atoms with Crippen LogP contribution in [0.25, 0.3) is 0 Å². The van der Waals surface area contributed by atoms with Crippen molar-refractivity contribution in [3.8, 4) is 11.5 Å². The number of ether oxygens (including phenoxy) is 2. The lowest BCUT2D eigenvalue weighted by Gasteiger charge is -2.23. The van der Waals surface area contributed by atoms with E-state index < -0.39 is 5.60 Å². The Balaban J connectivity index is 1.62. The Morgan fingerprint density at radius 1 is 1.22 bits per heavy atom. The number of hydrogen-bond acceptors (Lipinski definition) is 5. The van der Waals surface area contributed by atoms with Crippen LogP contribution in [0.15, 0.2) is 42.5 Å². The lowest BCUT2D eigenvalue weighted by atomic mass is 9.88. The van der Waals surface area contributed by atoms with Crippen molar-refractivity contribution >= 4 is 11.5 Å². The van der Waals surface area contributed by atoms with Crippen LogP contribution in [0, 0.1) is 0 Å². The van der Waals surface area contributed by atoms with Gasteiger partial charge in [0.05, 0.1) is 6.54 Å². The van der Waals surface area contributed by atoms with Crippen LogP contribution in [-0.2, 0) is 5.60 Å². The minimum Gasteiger partial charge on any atom is -0.454 e. The number of ketones is 1. The molecule has 0 fully saturated rings. The van der Waals surface area contributed by atoms with Gasteiger partial charge in [0.2, 0.25) is 6.79 Å². The summed E-state index contributed by atoms with van der Waals surface area (Å²) in [6.07, 6.45) is 0.0357. The van der Waals surface area contributed by atoms with Gasteiger partial charge in [-0.05, 0) is 24.3 Å². The maximum absolute atomic E-state index is 12.6. The van der Waals surface area contributed by atoms with Gasteiger partial charge in [-0.25, -0.2) is 0 Å². The van der Waals surface area contributed by atoms with E-state index in [2.05, 4.69) is 0 Å². The van der Waals surface area contributed by atoms with Gasteiger partial charge in [-0.2, -0.15) is 0 Å². The largest absolute Gasteiger partial charge is 0.454 e. The molecule has 2 aliphatic rings. The molecule has 0 radical (unpaired) electrons. The molecular weight excluding hydrogens is 294 g/mol. The highest BCUT2D eigenvalue weighted by atomic mass is 16.7. The number of aliphatic hydroxyl groups is 1. The second-order valence-electron chi connectivity index (χ2n) is 6.07. The van der Waals surface area contributed by atoms with E-state index in [9.17, 15) is 9.90 Å². The molecule has 0 aliphatic carbocycles. The fourth-order valence-corrected chi connectivity index (χ4v) is 3.35. The Kier molecular flexibility index (Phi) is 3.06. The molecule has 118 valence electrons. The summed E-state index contributed by atoms with van der Waals surface area (Å²) in [5, 5.41) is 11.0. The number of anilines is 1. The summed E-state index contributed by atoms with van der Waals surface area (Å²) in [6, 6.07) is 12.8. The summed E-state index contributed by atoms with van der Waals surface area (Å²) < 4.78 is 10.6. The molecule has 2 aromatic carbocycles. The third-order valence-corrected chi connectivity index (χ3v) is 4.46. The van der Waals surface area contributed by atoms with Crippen LogP contribution in [0.4, 0.5) is 5.69 Å². The van der Waals surface area contributed by atoms with Crippen LogP contribution in [0.2, 0.25) is 0 Å². The van der Waals surface area contributed by atoms with E-state index in [1.807, 2.05) is 36.2 Å². The molecule has 0 saturated carbocycles. The van der Waals surface area contributed by atoms with Crippen molar-refractivity contribution in [1.29, 1.82) is 0 Å². The Morgan fingerprint density at radius 2 is 2.00 bits per heavy atom. The highest BCUT2D eigenvalue weighted by Gasteiger charge is 2.41. The first-order chi connectivity index (χ1) is 11.1. The van der Waals surface area contributed by atoms with Crippen molar-refractivity contribution in [3.05, 3.63) is 53.6 Å². The van der Waals surface area contributed by atoms with Gasteiger partial charge in [0.1, 0.15) is 5.60 Å². The molecule has 2 aliphatic heterocycles. The molecule has 0 spiro atoms. The van der Waals surface area contributed by atoms with E-state index in [1.165, 1.54) is 0 Å². The van der Waals surface area contributed by atoms with E-state index in [-0.39, 0.29) is 19.0 Å². The van der Waals surface area contributed by atoms with E-state index in [0.717, 1.165) is 11.3 Å². The van der Waals surface area contributed by atoms with Crippen molar-refractivity contribution in [2.45, 2.75) is 12.0 Å². The number of nitrogens with zero attached hydrogens (tertiary/aromatic N) is 1. The summed E-state index contributed by atoms with van der Waals surface area (Å²) in [7, 11) is 1.92. The molecule has 0 unspecified atom stereocenters. The molecule has 5 heteroatoms. The van der Waals surface area contributed by atoms with Crippen molar-refractivity contribution < 1.29 is 19.4 Å². The molecule has 5 nitrogen and oxygen atoms in total. The molecule has 0 amide bonds. The minimum absolute atomic E-state index is 0.0357. The smallest absolute Gasteiger partial charge is 0.231 e. The fraction of sp³-hybridized carbons (Fsp3) is 0.278. The van der Waals surface area contributed by atoms with Crippen LogP contribution in [0.5, 0.6) is 11.5 Å². The lowest BCUT2D eigenvalue weighted by molar-refractivity contribution is 0.0411. The quantitative estimate of drug-likeness (QED) is 0.882. The Labute approximate surface area is 134 Å². The Bertz CT molecular complexity index is 788. The van der Waals surface area contributed by atoms with Gasteiger partial charge < -0.3 is 19.5 Å². The first kappa shape index (κ1) is 14.1. The monoisotopic (exact) mass is 311 g/mol. The first-order valence-corrected chi connectivity index (χ1v) is 7.53. The van der Waals surface area contributed by atoms with Gasteiger partial charge in [-0.1, -0.05) is 18.2 Å². The van der Waals surface area contributed by atoms with Gasteiger partial charge >= 0.3 is 0 Å².